The molecule has 2 aromatic rings. The molecule has 1 aliphatic rings. The van der Waals surface area contributed by atoms with Crippen LogP contribution >= 0.6 is 0 Å². The minimum atomic E-state index is -4.72. The number of aromatic nitrogens is 2. The van der Waals surface area contributed by atoms with Crippen LogP contribution in [0.25, 0.3) is 0 Å². The minimum Gasteiger partial charge on any atom is -0.309 e. The number of carbonyl (C=O) groups is 1. The van der Waals surface area contributed by atoms with Crippen molar-refractivity contribution in [1.29, 1.82) is 0 Å². The first-order chi connectivity index (χ1) is 15.2. The van der Waals surface area contributed by atoms with Crippen LogP contribution in [-0.4, -0.2) is 34.0 Å². The number of carbonyl (C=O) groups excluding carboxylic acids is 1. The number of hydrogen-bond acceptors (Lipinski definition) is 3. The van der Waals surface area contributed by atoms with Gasteiger partial charge in [0.1, 0.15) is 5.69 Å². The number of guanidine groups is 1. The standard InChI is InChI=1S/C19H17F8N5O/c20-17(21)7-5-12(6-8-17)28-16(29-14-9-13(31-32-14)19(25,26)27)30-15(33)10-1-3-11(4-2-10)18(22,23)24/h1-4,9,12H,5-8H2,(H3,28,29,30,31,32,33). The van der Waals surface area contributed by atoms with E-state index in [9.17, 15) is 39.9 Å². The Balaban J connectivity index is 1.79. The Morgan fingerprint density at radius 1 is 1.03 bits per heavy atom. The van der Waals surface area contributed by atoms with E-state index in [0.29, 0.717) is 18.2 Å². The minimum absolute atomic E-state index is 0.0390. The smallest absolute Gasteiger partial charge is 0.309 e. The number of amides is 1. The lowest BCUT2D eigenvalue weighted by Crippen LogP contribution is -2.38. The largest absolute Gasteiger partial charge is 0.432 e. The van der Waals surface area contributed by atoms with Gasteiger partial charge in [-0.1, -0.05) is 0 Å². The molecule has 180 valence electrons. The molecule has 1 fully saturated rings. The van der Waals surface area contributed by atoms with E-state index < -0.39 is 54.3 Å². The Bertz CT molecular complexity index is 1000. The summed E-state index contributed by atoms with van der Waals surface area (Å²) in [6.45, 7) is 0. The molecule has 0 saturated heterocycles. The maximum absolute atomic E-state index is 13.4. The van der Waals surface area contributed by atoms with Gasteiger partial charge >= 0.3 is 12.4 Å². The van der Waals surface area contributed by atoms with Gasteiger partial charge in [0.05, 0.1) is 11.6 Å². The molecule has 0 radical (unpaired) electrons. The number of nitrogens with zero attached hydrogens (tertiary/aromatic N) is 2. The van der Waals surface area contributed by atoms with Gasteiger partial charge in [0, 0.05) is 24.5 Å². The van der Waals surface area contributed by atoms with Gasteiger partial charge in [-0.15, -0.1) is 0 Å². The highest BCUT2D eigenvalue weighted by Crippen LogP contribution is 2.34. The van der Waals surface area contributed by atoms with Crippen molar-refractivity contribution in [3.05, 3.63) is 47.2 Å². The van der Waals surface area contributed by atoms with Crippen molar-refractivity contribution in [2.45, 2.75) is 50.0 Å². The van der Waals surface area contributed by atoms with Gasteiger partial charge in [-0.2, -0.15) is 31.4 Å². The Hall–Kier alpha value is -3.19. The number of rotatable bonds is 3. The molecular weight excluding hydrogens is 466 g/mol. The molecule has 0 unspecified atom stereocenters. The monoisotopic (exact) mass is 483 g/mol. The first-order valence-electron chi connectivity index (χ1n) is 9.57. The Morgan fingerprint density at radius 2 is 1.64 bits per heavy atom. The summed E-state index contributed by atoms with van der Waals surface area (Å²) < 4.78 is 103. The summed E-state index contributed by atoms with van der Waals surface area (Å²) in [7, 11) is 0. The predicted molar refractivity (Wildman–Crippen MR) is 101 cm³/mol. The van der Waals surface area contributed by atoms with Crippen LogP contribution in [0.1, 0.15) is 47.3 Å². The van der Waals surface area contributed by atoms with Crippen LogP contribution < -0.4 is 10.6 Å². The second-order valence-corrected chi connectivity index (χ2v) is 7.38. The van der Waals surface area contributed by atoms with Crippen LogP contribution in [0.5, 0.6) is 0 Å². The second kappa shape index (κ2) is 8.98. The molecule has 1 aromatic heterocycles. The van der Waals surface area contributed by atoms with Gasteiger partial charge in [0.2, 0.25) is 11.9 Å². The van der Waals surface area contributed by atoms with E-state index in [4.69, 9.17) is 0 Å². The summed E-state index contributed by atoms with van der Waals surface area (Å²) in [5, 5.41) is 9.82. The lowest BCUT2D eigenvalue weighted by Gasteiger charge is -2.26. The van der Waals surface area contributed by atoms with Crippen molar-refractivity contribution >= 4 is 17.7 Å². The molecule has 1 saturated carbocycles. The van der Waals surface area contributed by atoms with E-state index in [1.54, 1.807) is 5.10 Å². The summed E-state index contributed by atoms with van der Waals surface area (Å²) in [6, 6.07) is 3.13. The summed E-state index contributed by atoms with van der Waals surface area (Å²) in [4.78, 5) is 16.6. The van der Waals surface area contributed by atoms with E-state index in [1.807, 2.05) is 0 Å². The van der Waals surface area contributed by atoms with Crippen molar-refractivity contribution in [2.75, 3.05) is 5.32 Å². The van der Waals surface area contributed by atoms with Crippen molar-refractivity contribution in [2.24, 2.45) is 4.99 Å². The van der Waals surface area contributed by atoms with E-state index in [-0.39, 0.29) is 30.2 Å². The highest BCUT2D eigenvalue weighted by atomic mass is 19.4. The number of aromatic amines is 1. The number of alkyl halides is 8. The van der Waals surface area contributed by atoms with Crippen LogP contribution in [-0.2, 0) is 12.4 Å². The van der Waals surface area contributed by atoms with Gasteiger partial charge in [0.15, 0.2) is 5.82 Å². The number of aliphatic imine (C=N–C) groups is 1. The average molecular weight is 483 g/mol. The fraction of sp³-hybridized carbons (Fsp3) is 0.421. The lowest BCUT2D eigenvalue weighted by molar-refractivity contribution is -0.141. The topological polar surface area (TPSA) is 82.2 Å². The van der Waals surface area contributed by atoms with Gasteiger partial charge < -0.3 is 5.32 Å². The third-order valence-corrected chi connectivity index (χ3v) is 4.83. The zero-order valence-electron chi connectivity index (χ0n) is 16.6. The number of benzene rings is 1. The number of H-pyrrole nitrogens is 1. The van der Waals surface area contributed by atoms with Crippen molar-refractivity contribution in [1.82, 2.24) is 15.5 Å². The van der Waals surface area contributed by atoms with Crippen molar-refractivity contribution in [3.63, 3.8) is 0 Å². The van der Waals surface area contributed by atoms with E-state index in [1.165, 1.54) is 0 Å². The van der Waals surface area contributed by atoms with Crippen LogP contribution in [0.2, 0.25) is 0 Å². The molecule has 6 nitrogen and oxygen atoms in total. The molecule has 1 aliphatic carbocycles. The Labute approximate surface area is 181 Å². The molecule has 1 amide bonds. The third-order valence-electron chi connectivity index (χ3n) is 4.83. The highest BCUT2D eigenvalue weighted by Gasteiger charge is 2.36. The molecule has 1 heterocycles. The molecule has 0 spiro atoms. The SMILES string of the molecule is O=C(NC(=NC1CCC(F)(F)CC1)Nc1cc(C(F)(F)F)[nH]n1)c1ccc(C(F)(F)F)cc1. The van der Waals surface area contributed by atoms with Crippen LogP contribution in [0, 0.1) is 0 Å². The summed E-state index contributed by atoms with van der Waals surface area (Å²) in [5.74, 6) is -4.51. The fourth-order valence-electron chi connectivity index (χ4n) is 3.07. The van der Waals surface area contributed by atoms with Gasteiger partial charge in [0.25, 0.3) is 5.91 Å². The van der Waals surface area contributed by atoms with Crippen molar-refractivity contribution in [3.8, 4) is 0 Å². The number of hydrogen-bond donors (Lipinski definition) is 3. The van der Waals surface area contributed by atoms with E-state index in [0.717, 1.165) is 12.1 Å². The molecule has 33 heavy (non-hydrogen) atoms. The summed E-state index contributed by atoms with van der Waals surface area (Å²) in [6.07, 6.45) is -10.3. The predicted octanol–water partition coefficient (Wildman–Crippen LogP) is 5.22. The molecule has 0 bridgehead atoms. The van der Waals surface area contributed by atoms with Crippen molar-refractivity contribution < 1.29 is 39.9 Å². The van der Waals surface area contributed by atoms with Crippen LogP contribution in [0.3, 0.4) is 0 Å². The van der Waals surface area contributed by atoms with E-state index >= 15 is 0 Å². The maximum atomic E-state index is 13.4. The summed E-state index contributed by atoms with van der Waals surface area (Å²) >= 11 is 0. The molecule has 0 atom stereocenters. The molecule has 3 N–H and O–H groups in total. The normalized spacial score (nSPS) is 17.6. The number of halogens is 8. The first-order valence-corrected chi connectivity index (χ1v) is 9.57. The average Bonchev–Trinajstić information content (AvgIpc) is 3.18. The Morgan fingerprint density at radius 3 is 2.15 bits per heavy atom. The van der Waals surface area contributed by atoms with Crippen LogP contribution in [0.15, 0.2) is 35.3 Å². The number of nitrogens with one attached hydrogen (secondary N) is 3. The fourth-order valence-corrected chi connectivity index (χ4v) is 3.07. The molecule has 1 aromatic carbocycles. The summed E-state index contributed by atoms with van der Waals surface area (Å²) in [5.41, 5.74) is -2.35. The maximum Gasteiger partial charge on any atom is 0.432 e. The van der Waals surface area contributed by atoms with Gasteiger partial charge in [-0.25, -0.2) is 13.8 Å². The zero-order chi connectivity index (χ0) is 24.4. The Kier molecular flexibility index (Phi) is 6.65. The second-order valence-electron chi connectivity index (χ2n) is 7.38. The zero-order valence-corrected chi connectivity index (χ0v) is 16.6. The molecule has 0 aliphatic heterocycles. The highest BCUT2D eigenvalue weighted by molar-refractivity contribution is 6.09. The van der Waals surface area contributed by atoms with Crippen LogP contribution in [0.4, 0.5) is 40.9 Å². The van der Waals surface area contributed by atoms with Gasteiger partial charge in [-0.05, 0) is 37.1 Å². The lowest BCUT2D eigenvalue weighted by atomic mass is 9.93. The third kappa shape index (κ3) is 6.65. The molecular formula is C19H17F8N5O. The number of anilines is 1. The molecule has 3 rings (SSSR count). The quantitative estimate of drug-likeness (QED) is 0.318. The molecule has 14 heteroatoms. The van der Waals surface area contributed by atoms with E-state index in [2.05, 4.69) is 20.7 Å². The van der Waals surface area contributed by atoms with Gasteiger partial charge in [-0.3, -0.25) is 15.2 Å². The first kappa shape index (κ1) is 24.5.